The molecule has 0 heterocycles. The van der Waals surface area contributed by atoms with E-state index in [1.54, 1.807) is 12.1 Å². The second kappa shape index (κ2) is 14.8. The first-order valence-corrected chi connectivity index (χ1v) is 11.0. The van der Waals surface area contributed by atoms with E-state index in [9.17, 15) is 4.79 Å². The molecular weight excluding hydrogens is 436 g/mol. The van der Waals surface area contributed by atoms with Gasteiger partial charge in [0.25, 0.3) is 0 Å². The number of hydrogen-bond donors (Lipinski definition) is 0. The lowest BCUT2D eigenvalue weighted by atomic mass is 10.2. The highest BCUT2D eigenvalue weighted by atomic mass is 79.9. The Labute approximate surface area is 162 Å². The Balaban J connectivity index is 2.36. The van der Waals surface area contributed by atoms with Crippen molar-refractivity contribution in [2.45, 2.75) is 51.4 Å². The number of carbonyl (C=O) groups is 1. The molecule has 0 unspecified atom stereocenters. The molecule has 24 heavy (non-hydrogen) atoms. The van der Waals surface area contributed by atoms with Crippen molar-refractivity contribution in [2.24, 2.45) is 0 Å². The molecule has 5 heteroatoms. The van der Waals surface area contributed by atoms with Crippen molar-refractivity contribution >= 4 is 38.1 Å². The summed E-state index contributed by atoms with van der Waals surface area (Å²) in [4.78, 5) is 11.1. The Morgan fingerprint density at radius 1 is 0.708 bits per heavy atom. The Bertz CT molecular complexity index is 418. The number of aldehydes is 1. The molecule has 0 aliphatic carbocycles. The van der Waals surface area contributed by atoms with Gasteiger partial charge in [-0.05, 0) is 37.8 Å². The maximum Gasteiger partial charge on any atom is 0.150 e. The molecule has 0 amide bonds. The second-order valence-electron chi connectivity index (χ2n) is 5.76. The van der Waals surface area contributed by atoms with Gasteiger partial charge in [0.2, 0.25) is 0 Å². The zero-order chi connectivity index (χ0) is 17.5. The number of alkyl halides is 2. The highest BCUT2D eigenvalue weighted by molar-refractivity contribution is 9.09. The lowest BCUT2D eigenvalue weighted by molar-refractivity contribution is 0.112. The van der Waals surface area contributed by atoms with Crippen LogP contribution in [-0.4, -0.2) is 30.2 Å². The third-order valence-corrected chi connectivity index (χ3v) is 4.75. The minimum Gasteiger partial charge on any atom is -0.493 e. The number of hydrogen-bond acceptors (Lipinski definition) is 3. The quantitative estimate of drug-likeness (QED) is 0.177. The Morgan fingerprint density at radius 2 is 1.17 bits per heavy atom. The van der Waals surface area contributed by atoms with Crippen molar-refractivity contribution in [1.82, 2.24) is 0 Å². The lowest BCUT2D eigenvalue weighted by Crippen LogP contribution is -2.01. The fourth-order valence-corrected chi connectivity index (χ4v) is 3.10. The van der Waals surface area contributed by atoms with Gasteiger partial charge in [0.05, 0.1) is 13.2 Å². The van der Waals surface area contributed by atoms with Gasteiger partial charge in [0, 0.05) is 22.3 Å². The van der Waals surface area contributed by atoms with E-state index in [0.29, 0.717) is 18.8 Å². The fourth-order valence-electron chi connectivity index (χ4n) is 2.31. The zero-order valence-electron chi connectivity index (χ0n) is 14.3. The van der Waals surface area contributed by atoms with Crippen molar-refractivity contribution in [3.63, 3.8) is 0 Å². The topological polar surface area (TPSA) is 35.5 Å². The highest BCUT2D eigenvalue weighted by Crippen LogP contribution is 2.23. The van der Waals surface area contributed by atoms with E-state index >= 15 is 0 Å². The van der Waals surface area contributed by atoms with Crippen molar-refractivity contribution in [3.05, 3.63) is 23.8 Å². The maximum atomic E-state index is 11.1. The lowest BCUT2D eigenvalue weighted by Gasteiger charge is -2.11. The van der Waals surface area contributed by atoms with Crippen LogP contribution in [0.5, 0.6) is 11.5 Å². The summed E-state index contributed by atoms with van der Waals surface area (Å²) in [7, 11) is 0. The normalized spacial score (nSPS) is 10.6. The first-order valence-electron chi connectivity index (χ1n) is 8.78. The van der Waals surface area contributed by atoms with Gasteiger partial charge >= 0.3 is 0 Å². The van der Waals surface area contributed by atoms with Crippen LogP contribution in [-0.2, 0) is 0 Å². The Morgan fingerprint density at radius 3 is 1.58 bits per heavy atom. The van der Waals surface area contributed by atoms with Crippen LogP contribution in [0.1, 0.15) is 61.7 Å². The van der Waals surface area contributed by atoms with Gasteiger partial charge in [-0.25, -0.2) is 0 Å². The molecule has 0 aromatic heterocycles. The van der Waals surface area contributed by atoms with Gasteiger partial charge in [-0.3, -0.25) is 4.79 Å². The summed E-state index contributed by atoms with van der Waals surface area (Å²) >= 11 is 6.87. The average molecular weight is 464 g/mol. The van der Waals surface area contributed by atoms with Gasteiger partial charge in [0.15, 0.2) is 0 Å². The van der Waals surface area contributed by atoms with Crippen LogP contribution in [0, 0.1) is 0 Å². The molecular formula is C19H28Br2O3. The van der Waals surface area contributed by atoms with Gasteiger partial charge < -0.3 is 9.47 Å². The standard InChI is InChI=1S/C19H28Br2O3/c20-9-5-1-3-7-11-23-18-13-17(16-22)14-19(15-18)24-12-8-4-2-6-10-21/h13-16H,1-12H2. The van der Waals surface area contributed by atoms with Crippen molar-refractivity contribution in [3.8, 4) is 11.5 Å². The number of benzene rings is 1. The first kappa shape index (κ1) is 21.5. The average Bonchev–Trinajstić information content (AvgIpc) is 2.61. The minimum atomic E-state index is 0.598. The van der Waals surface area contributed by atoms with Gasteiger partial charge in [-0.1, -0.05) is 57.5 Å². The number of rotatable bonds is 15. The van der Waals surface area contributed by atoms with Crippen LogP contribution in [0.2, 0.25) is 0 Å². The summed E-state index contributed by atoms with van der Waals surface area (Å²) in [6.45, 7) is 1.35. The number of ether oxygens (including phenoxy) is 2. The largest absolute Gasteiger partial charge is 0.493 e. The summed E-state index contributed by atoms with van der Waals surface area (Å²) in [5, 5.41) is 2.12. The SMILES string of the molecule is O=Cc1cc(OCCCCCCBr)cc(OCCCCCCBr)c1. The summed E-state index contributed by atoms with van der Waals surface area (Å²) in [6.07, 6.45) is 10.1. The summed E-state index contributed by atoms with van der Waals surface area (Å²) in [5.74, 6) is 1.43. The molecule has 0 saturated heterocycles. The highest BCUT2D eigenvalue weighted by Gasteiger charge is 2.03. The van der Waals surface area contributed by atoms with Crippen molar-refractivity contribution < 1.29 is 14.3 Å². The first-order chi connectivity index (χ1) is 11.8. The molecule has 0 N–H and O–H groups in total. The van der Waals surface area contributed by atoms with Crippen LogP contribution in [0.15, 0.2) is 18.2 Å². The number of carbonyl (C=O) groups excluding carboxylic acids is 1. The van der Waals surface area contributed by atoms with Gasteiger partial charge in [-0.15, -0.1) is 0 Å². The molecule has 0 aliphatic rings. The zero-order valence-corrected chi connectivity index (χ0v) is 17.4. The van der Waals surface area contributed by atoms with Crippen molar-refractivity contribution in [1.29, 1.82) is 0 Å². The molecule has 0 spiro atoms. The number of unbranched alkanes of at least 4 members (excludes halogenated alkanes) is 6. The van der Waals surface area contributed by atoms with Crippen LogP contribution >= 0.6 is 31.9 Å². The van der Waals surface area contributed by atoms with E-state index in [4.69, 9.17) is 9.47 Å². The monoisotopic (exact) mass is 462 g/mol. The second-order valence-corrected chi connectivity index (χ2v) is 7.34. The number of halogens is 2. The van der Waals surface area contributed by atoms with Crippen LogP contribution in [0.3, 0.4) is 0 Å². The van der Waals surface area contributed by atoms with E-state index in [-0.39, 0.29) is 0 Å². The molecule has 0 bridgehead atoms. The van der Waals surface area contributed by atoms with E-state index in [0.717, 1.165) is 54.1 Å². The van der Waals surface area contributed by atoms with E-state index in [1.165, 1.54) is 25.7 Å². The maximum absolute atomic E-state index is 11.1. The molecule has 0 fully saturated rings. The third-order valence-electron chi connectivity index (χ3n) is 3.63. The molecule has 0 radical (unpaired) electrons. The summed E-state index contributed by atoms with van der Waals surface area (Å²) < 4.78 is 11.5. The van der Waals surface area contributed by atoms with Crippen LogP contribution in [0.25, 0.3) is 0 Å². The fraction of sp³-hybridized carbons (Fsp3) is 0.632. The molecule has 136 valence electrons. The van der Waals surface area contributed by atoms with Gasteiger partial charge in [0.1, 0.15) is 17.8 Å². The predicted octanol–water partition coefficient (Wildman–Crippen LogP) is 6.17. The minimum absolute atomic E-state index is 0.598. The third kappa shape index (κ3) is 10.3. The molecule has 1 aromatic rings. The van der Waals surface area contributed by atoms with E-state index in [2.05, 4.69) is 31.9 Å². The molecule has 0 atom stereocenters. The van der Waals surface area contributed by atoms with E-state index < -0.39 is 0 Å². The molecule has 0 aliphatic heterocycles. The predicted molar refractivity (Wildman–Crippen MR) is 107 cm³/mol. The Hall–Kier alpha value is -0.550. The molecule has 3 nitrogen and oxygen atoms in total. The smallest absolute Gasteiger partial charge is 0.150 e. The van der Waals surface area contributed by atoms with Crippen molar-refractivity contribution in [2.75, 3.05) is 23.9 Å². The summed E-state index contributed by atoms with van der Waals surface area (Å²) in [5.41, 5.74) is 0.598. The molecule has 1 aromatic carbocycles. The Kier molecular flexibility index (Phi) is 13.2. The van der Waals surface area contributed by atoms with E-state index in [1.807, 2.05) is 6.07 Å². The molecule has 0 saturated carbocycles. The van der Waals surface area contributed by atoms with Gasteiger partial charge in [-0.2, -0.15) is 0 Å². The molecule has 1 rings (SSSR count). The van der Waals surface area contributed by atoms with Crippen LogP contribution in [0.4, 0.5) is 0 Å². The summed E-state index contributed by atoms with van der Waals surface area (Å²) in [6, 6.07) is 5.42. The van der Waals surface area contributed by atoms with Crippen LogP contribution < -0.4 is 9.47 Å².